The van der Waals surface area contributed by atoms with Crippen molar-refractivity contribution in [3.05, 3.63) is 42.4 Å². The lowest BCUT2D eigenvalue weighted by Crippen LogP contribution is -2.05. The highest BCUT2D eigenvalue weighted by molar-refractivity contribution is 5.62. The zero-order chi connectivity index (χ0) is 11.7. The summed E-state index contributed by atoms with van der Waals surface area (Å²) < 4.78 is 7.61. The summed E-state index contributed by atoms with van der Waals surface area (Å²) in [6, 6.07) is 10.4. The Morgan fingerprint density at radius 3 is 2.82 bits per heavy atom. The molecular formula is C14H16N2O. The van der Waals surface area contributed by atoms with E-state index in [9.17, 15) is 0 Å². The summed E-state index contributed by atoms with van der Waals surface area (Å²) in [6.07, 6.45) is 3.00. The van der Waals surface area contributed by atoms with Gasteiger partial charge in [-0.1, -0.05) is 30.3 Å². The molecule has 0 saturated carbocycles. The van der Waals surface area contributed by atoms with Gasteiger partial charge in [0.2, 0.25) is 0 Å². The highest BCUT2D eigenvalue weighted by atomic mass is 16.5. The van der Waals surface area contributed by atoms with Crippen molar-refractivity contribution in [2.24, 2.45) is 7.05 Å². The molecule has 3 heteroatoms. The molecule has 1 aliphatic rings. The number of aromatic nitrogens is 2. The second-order valence-electron chi connectivity index (χ2n) is 4.52. The van der Waals surface area contributed by atoms with Crippen molar-refractivity contribution < 1.29 is 4.74 Å². The van der Waals surface area contributed by atoms with Crippen LogP contribution in [0.15, 0.2) is 36.7 Å². The highest BCUT2D eigenvalue weighted by Gasteiger charge is 2.24. The average molecular weight is 228 g/mol. The summed E-state index contributed by atoms with van der Waals surface area (Å²) in [4.78, 5) is 4.54. The van der Waals surface area contributed by atoms with Gasteiger partial charge in [-0.2, -0.15) is 0 Å². The van der Waals surface area contributed by atoms with Gasteiger partial charge in [-0.25, -0.2) is 4.98 Å². The third-order valence-corrected chi connectivity index (χ3v) is 3.35. The molecule has 1 aromatic heterocycles. The first-order chi connectivity index (χ1) is 8.36. The van der Waals surface area contributed by atoms with Gasteiger partial charge in [-0.15, -0.1) is 0 Å². The predicted molar refractivity (Wildman–Crippen MR) is 66.8 cm³/mol. The Morgan fingerprint density at radius 2 is 2.12 bits per heavy atom. The zero-order valence-corrected chi connectivity index (χ0v) is 9.97. The van der Waals surface area contributed by atoms with Gasteiger partial charge in [0.25, 0.3) is 0 Å². The van der Waals surface area contributed by atoms with E-state index in [1.54, 1.807) is 0 Å². The van der Waals surface area contributed by atoms with E-state index in [2.05, 4.69) is 40.9 Å². The van der Waals surface area contributed by atoms with Crippen LogP contribution in [-0.4, -0.2) is 22.8 Å². The van der Waals surface area contributed by atoms with Crippen LogP contribution in [0.3, 0.4) is 0 Å². The largest absolute Gasteiger partial charge is 0.381 e. The molecule has 1 fully saturated rings. The molecule has 1 saturated heterocycles. The number of hydrogen-bond acceptors (Lipinski definition) is 2. The third-order valence-electron chi connectivity index (χ3n) is 3.35. The summed E-state index contributed by atoms with van der Waals surface area (Å²) >= 11 is 0. The van der Waals surface area contributed by atoms with Crippen molar-refractivity contribution in [3.8, 4) is 11.3 Å². The van der Waals surface area contributed by atoms with Crippen LogP contribution in [0.4, 0.5) is 0 Å². The van der Waals surface area contributed by atoms with Crippen molar-refractivity contribution >= 4 is 0 Å². The quantitative estimate of drug-likeness (QED) is 0.790. The minimum Gasteiger partial charge on any atom is -0.381 e. The number of aryl methyl sites for hydroxylation is 1. The van der Waals surface area contributed by atoms with Crippen LogP contribution in [0.1, 0.15) is 18.0 Å². The maximum absolute atomic E-state index is 5.49. The van der Waals surface area contributed by atoms with Gasteiger partial charge in [0.15, 0.2) is 0 Å². The molecule has 3 rings (SSSR count). The standard InChI is InChI=1S/C14H16N2O/c1-16-10-15-13(11-5-3-2-4-6-11)14(16)12-7-8-17-9-12/h2-6,10,12H,7-9H2,1H3. The van der Waals surface area contributed by atoms with Crippen molar-refractivity contribution in [1.29, 1.82) is 0 Å². The SMILES string of the molecule is Cn1cnc(-c2ccccc2)c1C1CCOC1. The van der Waals surface area contributed by atoms with Gasteiger partial charge in [0, 0.05) is 25.1 Å². The molecule has 0 N–H and O–H groups in total. The normalized spacial score (nSPS) is 19.7. The third kappa shape index (κ3) is 1.87. The minimum atomic E-state index is 0.484. The highest BCUT2D eigenvalue weighted by Crippen LogP contribution is 2.32. The summed E-state index contributed by atoms with van der Waals surface area (Å²) in [6.45, 7) is 1.68. The van der Waals surface area contributed by atoms with E-state index in [0.29, 0.717) is 5.92 Å². The van der Waals surface area contributed by atoms with Gasteiger partial charge in [-0.3, -0.25) is 0 Å². The van der Waals surface area contributed by atoms with Crippen molar-refractivity contribution in [2.45, 2.75) is 12.3 Å². The molecule has 88 valence electrons. The van der Waals surface area contributed by atoms with E-state index in [0.717, 1.165) is 25.3 Å². The second-order valence-corrected chi connectivity index (χ2v) is 4.52. The predicted octanol–water partition coefficient (Wildman–Crippen LogP) is 2.59. The Kier molecular flexibility index (Phi) is 2.69. The number of ether oxygens (including phenoxy) is 1. The van der Waals surface area contributed by atoms with Crippen LogP contribution < -0.4 is 0 Å². The first-order valence-electron chi connectivity index (χ1n) is 6.00. The van der Waals surface area contributed by atoms with Gasteiger partial charge >= 0.3 is 0 Å². The summed E-state index contributed by atoms with van der Waals surface area (Å²) in [7, 11) is 2.06. The molecule has 1 aliphatic heterocycles. The molecule has 0 aliphatic carbocycles. The lowest BCUT2D eigenvalue weighted by molar-refractivity contribution is 0.193. The molecule has 2 aromatic rings. The molecule has 17 heavy (non-hydrogen) atoms. The number of nitrogens with zero attached hydrogens (tertiary/aromatic N) is 2. The lowest BCUT2D eigenvalue weighted by atomic mass is 9.99. The summed E-state index contributed by atoms with van der Waals surface area (Å²) in [5.74, 6) is 0.484. The fourth-order valence-corrected chi connectivity index (χ4v) is 2.49. The summed E-state index contributed by atoms with van der Waals surface area (Å²) in [5, 5.41) is 0. The van der Waals surface area contributed by atoms with Gasteiger partial charge in [-0.05, 0) is 6.42 Å². The fourth-order valence-electron chi connectivity index (χ4n) is 2.49. The molecule has 0 radical (unpaired) electrons. The Morgan fingerprint density at radius 1 is 1.29 bits per heavy atom. The topological polar surface area (TPSA) is 27.1 Å². The van der Waals surface area contributed by atoms with E-state index in [4.69, 9.17) is 4.74 Å². The average Bonchev–Trinajstić information content (AvgIpc) is 2.99. The molecule has 3 nitrogen and oxygen atoms in total. The number of benzene rings is 1. The van der Waals surface area contributed by atoms with Gasteiger partial charge in [0.1, 0.15) is 0 Å². The van der Waals surface area contributed by atoms with Crippen LogP contribution in [0.5, 0.6) is 0 Å². The molecule has 2 heterocycles. The van der Waals surface area contributed by atoms with Crippen LogP contribution in [0.25, 0.3) is 11.3 Å². The van der Waals surface area contributed by atoms with Gasteiger partial charge in [0.05, 0.1) is 24.3 Å². The molecule has 0 amide bonds. The monoisotopic (exact) mass is 228 g/mol. The molecule has 0 bridgehead atoms. The van der Waals surface area contributed by atoms with Crippen LogP contribution in [-0.2, 0) is 11.8 Å². The Balaban J connectivity index is 2.06. The van der Waals surface area contributed by atoms with Gasteiger partial charge < -0.3 is 9.30 Å². The molecule has 1 atom stereocenters. The Hall–Kier alpha value is -1.61. The first kappa shape index (κ1) is 10.5. The van der Waals surface area contributed by atoms with E-state index in [1.807, 2.05) is 12.4 Å². The van der Waals surface area contributed by atoms with E-state index in [1.165, 1.54) is 11.3 Å². The van der Waals surface area contributed by atoms with Crippen LogP contribution >= 0.6 is 0 Å². The summed E-state index contributed by atoms with van der Waals surface area (Å²) in [5.41, 5.74) is 3.59. The number of rotatable bonds is 2. The Labute approximate surface area is 101 Å². The number of imidazole rings is 1. The van der Waals surface area contributed by atoms with Crippen molar-refractivity contribution in [1.82, 2.24) is 9.55 Å². The second kappa shape index (κ2) is 4.34. The zero-order valence-electron chi connectivity index (χ0n) is 9.97. The van der Waals surface area contributed by atoms with E-state index >= 15 is 0 Å². The fraction of sp³-hybridized carbons (Fsp3) is 0.357. The Bertz CT molecular complexity index is 498. The maximum Gasteiger partial charge on any atom is 0.0953 e. The minimum absolute atomic E-state index is 0.484. The van der Waals surface area contributed by atoms with E-state index < -0.39 is 0 Å². The molecule has 0 spiro atoms. The number of hydrogen-bond donors (Lipinski definition) is 0. The van der Waals surface area contributed by atoms with Crippen LogP contribution in [0, 0.1) is 0 Å². The maximum atomic E-state index is 5.49. The van der Waals surface area contributed by atoms with E-state index in [-0.39, 0.29) is 0 Å². The first-order valence-corrected chi connectivity index (χ1v) is 6.00. The molecular weight excluding hydrogens is 212 g/mol. The van der Waals surface area contributed by atoms with Crippen molar-refractivity contribution in [2.75, 3.05) is 13.2 Å². The van der Waals surface area contributed by atoms with Crippen molar-refractivity contribution in [3.63, 3.8) is 0 Å². The van der Waals surface area contributed by atoms with Crippen LogP contribution in [0.2, 0.25) is 0 Å². The smallest absolute Gasteiger partial charge is 0.0953 e. The lowest BCUT2D eigenvalue weighted by Gasteiger charge is -2.11. The molecule has 1 aromatic carbocycles. The molecule has 1 unspecified atom stereocenters.